The van der Waals surface area contributed by atoms with Crippen LogP contribution in [0.25, 0.3) is 5.69 Å². The molecule has 0 atom stereocenters. The molecular formula is C17H18F4N2O2. The molecule has 0 N–H and O–H groups in total. The van der Waals surface area contributed by atoms with Crippen LogP contribution in [0.15, 0.2) is 24.3 Å². The second-order valence-electron chi connectivity index (χ2n) is 6.46. The van der Waals surface area contributed by atoms with Crippen molar-refractivity contribution < 1.29 is 27.1 Å². The molecule has 0 amide bonds. The highest BCUT2D eigenvalue weighted by Crippen LogP contribution is 2.34. The van der Waals surface area contributed by atoms with Crippen LogP contribution < -0.4 is 0 Å². The third-order valence-electron chi connectivity index (χ3n) is 3.46. The molecule has 2 rings (SSSR count). The molecule has 136 valence electrons. The van der Waals surface area contributed by atoms with E-state index >= 15 is 0 Å². The number of rotatable bonds is 3. The Balaban J connectivity index is 2.64. The minimum Gasteiger partial charge on any atom is -0.461 e. The number of hydrogen-bond donors (Lipinski definition) is 0. The summed E-state index contributed by atoms with van der Waals surface area (Å²) in [6, 6.07) is 4.05. The highest BCUT2D eigenvalue weighted by molar-refractivity contribution is 5.87. The molecule has 0 spiro atoms. The highest BCUT2D eigenvalue weighted by Gasteiger charge is 2.35. The summed E-state index contributed by atoms with van der Waals surface area (Å²) in [6.45, 7) is 7.25. The quantitative estimate of drug-likeness (QED) is 0.599. The van der Waals surface area contributed by atoms with Gasteiger partial charge in [-0.2, -0.15) is 18.3 Å². The third kappa shape index (κ3) is 4.00. The molecule has 1 heterocycles. The topological polar surface area (TPSA) is 44.1 Å². The highest BCUT2D eigenvalue weighted by atomic mass is 19.4. The number of alkyl halides is 3. The Labute approximate surface area is 142 Å². The maximum atomic E-state index is 13.5. The number of carbonyl (C=O) groups excluding carboxylic acids is 1. The molecule has 1 aromatic carbocycles. The number of ether oxygens (including phenoxy) is 1. The molecule has 0 unspecified atom stereocenters. The van der Waals surface area contributed by atoms with Gasteiger partial charge in [0.1, 0.15) is 5.82 Å². The molecule has 0 saturated heterocycles. The standard InChI is InChI=1S/C17H18F4N2O2/c1-5-25-15(24)13-9-14(16(2,3)4)23(22-13)10-6-7-12(18)11(8-10)17(19,20)21/h6-9H,5H2,1-4H3. The van der Waals surface area contributed by atoms with Crippen molar-refractivity contribution in [2.75, 3.05) is 6.61 Å². The second kappa shape index (κ2) is 6.50. The van der Waals surface area contributed by atoms with Crippen LogP contribution in [0, 0.1) is 5.82 Å². The summed E-state index contributed by atoms with van der Waals surface area (Å²) in [6.07, 6.45) is -4.83. The Kier molecular flexibility index (Phi) is 4.92. The first-order valence-corrected chi connectivity index (χ1v) is 7.60. The summed E-state index contributed by atoms with van der Waals surface area (Å²) < 4.78 is 58.5. The lowest BCUT2D eigenvalue weighted by molar-refractivity contribution is -0.140. The molecule has 0 bridgehead atoms. The van der Waals surface area contributed by atoms with E-state index in [9.17, 15) is 22.4 Å². The van der Waals surface area contributed by atoms with Crippen LogP contribution in [0.5, 0.6) is 0 Å². The van der Waals surface area contributed by atoms with Crippen molar-refractivity contribution in [3.63, 3.8) is 0 Å². The molecule has 25 heavy (non-hydrogen) atoms. The van der Waals surface area contributed by atoms with E-state index in [0.717, 1.165) is 6.07 Å². The molecule has 8 heteroatoms. The van der Waals surface area contributed by atoms with E-state index < -0.39 is 28.9 Å². The van der Waals surface area contributed by atoms with Gasteiger partial charge in [-0.25, -0.2) is 13.9 Å². The van der Waals surface area contributed by atoms with Gasteiger partial charge in [-0.3, -0.25) is 0 Å². The van der Waals surface area contributed by atoms with Crippen molar-refractivity contribution >= 4 is 5.97 Å². The first-order valence-electron chi connectivity index (χ1n) is 7.60. The van der Waals surface area contributed by atoms with Gasteiger partial charge in [0.25, 0.3) is 0 Å². The Hall–Kier alpha value is -2.38. The van der Waals surface area contributed by atoms with Gasteiger partial charge >= 0.3 is 12.1 Å². The molecule has 0 aliphatic carbocycles. The van der Waals surface area contributed by atoms with Crippen molar-refractivity contribution in [3.8, 4) is 5.69 Å². The maximum Gasteiger partial charge on any atom is 0.419 e. The average Bonchev–Trinajstić information content (AvgIpc) is 2.92. The van der Waals surface area contributed by atoms with Crippen LogP contribution >= 0.6 is 0 Å². The zero-order valence-corrected chi connectivity index (χ0v) is 14.2. The Morgan fingerprint density at radius 3 is 2.36 bits per heavy atom. The third-order valence-corrected chi connectivity index (χ3v) is 3.46. The summed E-state index contributed by atoms with van der Waals surface area (Å²) in [5.74, 6) is -2.05. The van der Waals surface area contributed by atoms with Crippen LogP contribution in [0.4, 0.5) is 17.6 Å². The molecule has 0 aliphatic rings. The van der Waals surface area contributed by atoms with E-state index in [4.69, 9.17) is 4.74 Å². The Morgan fingerprint density at radius 1 is 1.20 bits per heavy atom. The lowest BCUT2D eigenvalue weighted by atomic mass is 9.91. The van der Waals surface area contributed by atoms with Crippen LogP contribution in [-0.4, -0.2) is 22.4 Å². The summed E-state index contributed by atoms with van der Waals surface area (Å²) in [5.41, 5.74) is -1.43. The summed E-state index contributed by atoms with van der Waals surface area (Å²) in [5, 5.41) is 4.07. The van der Waals surface area contributed by atoms with E-state index in [-0.39, 0.29) is 18.0 Å². The van der Waals surface area contributed by atoms with Gasteiger partial charge in [-0.1, -0.05) is 20.8 Å². The van der Waals surface area contributed by atoms with Gasteiger partial charge in [0, 0.05) is 5.41 Å². The predicted octanol–water partition coefficient (Wildman–Crippen LogP) is 4.50. The summed E-state index contributed by atoms with van der Waals surface area (Å²) in [4.78, 5) is 11.9. The zero-order valence-electron chi connectivity index (χ0n) is 14.2. The van der Waals surface area contributed by atoms with E-state index in [1.807, 2.05) is 20.8 Å². The number of benzene rings is 1. The Bertz CT molecular complexity index is 789. The van der Waals surface area contributed by atoms with Gasteiger partial charge in [0.2, 0.25) is 0 Å². The van der Waals surface area contributed by atoms with Crippen LogP contribution in [0.1, 0.15) is 49.4 Å². The van der Waals surface area contributed by atoms with Gasteiger partial charge in [-0.15, -0.1) is 0 Å². The number of nitrogens with zero attached hydrogens (tertiary/aromatic N) is 2. The Morgan fingerprint density at radius 2 is 1.84 bits per heavy atom. The van der Waals surface area contributed by atoms with Crippen LogP contribution in [0.2, 0.25) is 0 Å². The van der Waals surface area contributed by atoms with E-state index in [2.05, 4.69) is 5.10 Å². The lowest BCUT2D eigenvalue weighted by Gasteiger charge is -2.20. The number of carbonyl (C=O) groups is 1. The monoisotopic (exact) mass is 358 g/mol. The van der Waals surface area contributed by atoms with Crippen molar-refractivity contribution in [1.82, 2.24) is 9.78 Å². The molecule has 0 fully saturated rings. The summed E-state index contributed by atoms with van der Waals surface area (Å²) >= 11 is 0. The van der Waals surface area contributed by atoms with Gasteiger partial charge < -0.3 is 4.74 Å². The number of aromatic nitrogens is 2. The first kappa shape index (κ1) is 19.0. The molecule has 2 aromatic rings. The second-order valence-corrected chi connectivity index (χ2v) is 6.46. The van der Waals surface area contributed by atoms with E-state index in [0.29, 0.717) is 11.8 Å². The molecule has 0 radical (unpaired) electrons. The van der Waals surface area contributed by atoms with Gasteiger partial charge in [0.15, 0.2) is 5.69 Å². The van der Waals surface area contributed by atoms with Crippen LogP contribution in [0.3, 0.4) is 0 Å². The first-order chi connectivity index (χ1) is 11.4. The zero-order chi connectivity index (χ0) is 19.0. The van der Waals surface area contributed by atoms with Crippen LogP contribution in [-0.2, 0) is 16.3 Å². The molecule has 0 saturated carbocycles. The number of hydrogen-bond acceptors (Lipinski definition) is 3. The fraction of sp³-hybridized carbons (Fsp3) is 0.412. The normalized spacial score (nSPS) is 12.3. The molecule has 1 aromatic heterocycles. The lowest BCUT2D eigenvalue weighted by Crippen LogP contribution is -2.18. The molecular weight excluding hydrogens is 340 g/mol. The van der Waals surface area contributed by atoms with Crippen molar-refractivity contribution in [1.29, 1.82) is 0 Å². The van der Waals surface area contributed by atoms with E-state index in [1.165, 1.54) is 16.8 Å². The average molecular weight is 358 g/mol. The fourth-order valence-electron chi connectivity index (χ4n) is 2.28. The van der Waals surface area contributed by atoms with Crippen molar-refractivity contribution in [2.24, 2.45) is 0 Å². The maximum absolute atomic E-state index is 13.5. The molecule has 4 nitrogen and oxygen atoms in total. The number of esters is 1. The molecule has 0 aliphatic heterocycles. The number of halogens is 4. The van der Waals surface area contributed by atoms with E-state index in [1.54, 1.807) is 6.92 Å². The largest absolute Gasteiger partial charge is 0.461 e. The van der Waals surface area contributed by atoms with Crippen molar-refractivity contribution in [2.45, 2.75) is 39.3 Å². The SMILES string of the molecule is CCOC(=O)c1cc(C(C)(C)C)n(-c2ccc(F)c(C(F)(F)F)c2)n1. The fourth-order valence-corrected chi connectivity index (χ4v) is 2.28. The smallest absolute Gasteiger partial charge is 0.419 e. The predicted molar refractivity (Wildman–Crippen MR) is 83.2 cm³/mol. The minimum atomic E-state index is -4.83. The van der Waals surface area contributed by atoms with Gasteiger partial charge in [-0.05, 0) is 31.2 Å². The van der Waals surface area contributed by atoms with Crippen molar-refractivity contribution in [3.05, 3.63) is 47.0 Å². The van der Waals surface area contributed by atoms with Gasteiger partial charge in [0.05, 0.1) is 23.6 Å². The minimum absolute atomic E-state index is 0.00852. The summed E-state index contributed by atoms with van der Waals surface area (Å²) in [7, 11) is 0.